The predicted octanol–water partition coefficient (Wildman–Crippen LogP) is 4.05. The summed E-state index contributed by atoms with van der Waals surface area (Å²) in [4.78, 5) is 42.3. The minimum Gasteiger partial charge on any atom is -0.412 e. The summed E-state index contributed by atoms with van der Waals surface area (Å²) in [7, 11) is 5.32. The van der Waals surface area contributed by atoms with Crippen molar-refractivity contribution < 1.29 is 9.63 Å². The van der Waals surface area contributed by atoms with Gasteiger partial charge in [0.2, 0.25) is 5.95 Å². The number of carbonyl (C=O) groups is 1. The Hall–Kier alpha value is -3.66. The minimum absolute atomic E-state index is 0.264. The number of amides is 1. The molecule has 0 aliphatic rings. The van der Waals surface area contributed by atoms with Gasteiger partial charge in [-0.2, -0.15) is 4.98 Å². The van der Waals surface area contributed by atoms with E-state index < -0.39 is 5.56 Å². The molecule has 2 aromatic carbocycles. The molecule has 0 fully saturated rings. The highest BCUT2D eigenvalue weighted by Gasteiger charge is 2.17. The first-order valence-corrected chi connectivity index (χ1v) is 11.8. The van der Waals surface area contributed by atoms with E-state index in [-0.39, 0.29) is 11.5 Å². The number of nitrogens with zero attached hydrogens (tertiary/aromatic N) is 4. The van der Waals surface area contributed by atoms with E-state index in [9.17, 15) is 9.59 Å². The number of rotatable bonds is 8. The third-order valence-electron chi connectivity index (χ3n) is 5.36. The van der Waals surface area contributed by atoms with Gasteiger partial charge in [-0.15, -0.1) is 4.73 Å². The molecule has 36 heavy (non-hydrogen) atoms. The second-order valence-corrected chi connectivity index (χ2v) is 8.99. The van der Waals surface area contributed by atoms with Crippen molar-refractivity contribution in [1.29, 1.82) is 0 Å². The Bertz CT molecular complexity index is 1490. The lowest BCUT2D eigenvalue weighted by atomic mass is 10.1. The number of fused-ring (bicyclic) bond motifs is 1. The molecule has 1 amide bonds. The zero-order chi connectivity index (χ0) is 25.8. The van der Waals surface area contributed by atoms with E-state index in [1.54, 1.807) is 54.7 Å². The largest absolute Gasteiger partial charge is 0.412 e. The number of hydrogen-bond donors (Lipinski definition) is 2. The van der Waals surface area contributed by atoms with Crippen LogP contribution in [0.15, 0.2) is 59.5 Å². The molecule has 0 unspecified atom stereocenters. The second-order valence-electron chi connectivity index (χ2n) is 8.17. The van der Waals surface area contributed by atoms with Crippen LogP contribution in [-0.4, -0.2) is 59.8 Å². The predicted molar refractivity (Wildman–Crippen MR) is 143 cm³/mol. The molecule has 4 rings (SSSR count). The Balaban J connectivity index is 1.71. The number of carbonyl (C=O) groups excluding carboxylic acids is 1. The Morgan fingerprint density at radius 1 is 1.08 bits per heavy atom. The van der Waals surface area contributed by atoms with Crippen LogP contribution in [0.25, 0.3) is 22.2 Å². The molecule has 186 valence electrons. The number of benzene rings is 2. The quantitative estimate of drug-likeness (QED) is 0.357. The standard InChI is InChI=1S/C25H24Cl2N6O3/c1-32(2)11-10-28-25-29-14-15-12-19(24(35)33(36-3)22(15)31-25)18-13-16(8-9-21(18)27)30-23(34)17-6-4-5-7-20(17)26/h4-9,12-14H,10-11H2,1-3H3,(H,30,34)(H,28,29,31). The highest BCUT2D eigenvalue weighted by atomic mass is 35.5. The third-order valence-corrected chi connectivity index (χ3v) is 6.02. The monoisotopic (exact) mass is 526 g/mol. The maximum absolute atomic E-state index is 13.4. The van der Waals surface area contributed by atoms with Gasteiger partial charge in [0.25, 0.3) is 11.5 Å². The van der Waals surface area contributed by atoms with Gasteiger partial charge < -0.3 is 20.4 Å². The number of halogens is 2. The highest BCUT2D eigenvalue weighted by Crippen LogP contribution is 2.30. The topological polar surface area (TPSA) is 101 Å². The summed E-state index contributed by atoms with van der Waals surface area (Å²) in [6.45, 7) is 1.43. The SMILES string of the molecule is COn1c(=O)c(-c2cc(NC(=O)c3ccccc3Cl)ccc2Cl)cc2cnc(NCCN(C)C)nc21. The van der Waals surface area contributed by atoms with Crippen molar-refractivity contribution in [2.24, 2.45) is 0 Å². The Labute approximate surface area is 217 Å². The lowest BCUT2D eigenvalue weighted by molar-refractivity contribution is 0.102. The van der Waals surface area contributed by atoms with Crippen molar-refractivity contribution in [2.75, 3.05) is 44.9 Å². The molecule has 0 atom stereocenters. The first-order chi connectivity index (χ1) is 17.3. The average Bonchev–Trinajstić information content (AvgIpc) is 2.85. The van der Waals surface area contributed by atoms with Gasteiger partial charge in [-0.1, -0.05) is 35.3 Å². The smallest absolute Gasteiger partial charge is 0.293 e. The summed E-state index contributed by atoms with van der Waals surface area (Å²) < 4.78 is 1.09. The van der Waals surface area contributed by atoms with Crippen LogP contribution >= 0.6 is 23.2 Å². The fraction of sp³-hybridized carbons (Fsp3) is 0.200. The van der Waals surface area contributed by atoms with Crippen molar-refractivity contribution in [3.05, 3.63) is 80.7 Å². The molecular weight excluding hydrogens is 503 g/mol. The van der Waals surface area contributed by atoms with Crippen molar-refractivity contribution in [1.82, 2.24) is 19.6 Å². The zero-order valence-electron chi connectivity index (χ0n) is 19.9. The van der Waals surface area contributed by atoms with E-state index in [4.69, 9.17) is 28.0 Å². The van der Waals surface area contributed by atoms with Crippen LogP contribution in [0.1, 0.15) is 10.4 Å². The van der Waals surface area contributed by atoms with E-state index in [0.717, 1.165) is 11.3 Å². The Kier molecular flexibility index (Phi) is 7.73. The van der Waals surface area contributed by atoms with Gasteiger partial charge in [0.05, 0.1) is 16.1 Å². The van der Waals surface area contributed by atoms with E-state index in [1.165, 1.54) is 7.11 Å². The Morgan fingerprint density at radius 3 is 2.58 bits per heavy atom. The number of nitrogens with one attached hydrogen (secondary N) is 2. The van der Waals surface area contributed by atoms with Gasteiger partial charge >= 0.3 is 0 Å². The molecule has 0 aliphatic heterocycles. The summed E-state index contributed by atoms with van der Waals surface area (Å²) in [6.07, 6.45) is 1.61. The van der Waals surface area contributed by atoms with Crippen LogP contribution in [0.4, 0.5) is 11.6 Å². The molecule has 0 saturated carbocycles. The summed E-state index contributed by atoms with van der Waals surface area (Å²) in [6, 6.07) is 13.2. The Morgan fingerprint density at radius 2 is 1.86 bits per heavy atom. The van der Waals surface area contributed by atoms with E-state index in [1.807, 2.05) is 19.0 Å². The first-order valence-electron chi connectivity index (χ1n) is 11.0. The number of hydrogen-bond acceptors (Lipinski definition) is 7. The van der Waals surface area contributed by atoms with Gasteiger partial charge in [-0.05, 0) is 50.5 Å². The van der Waals surface area contributed by atoms with Gasteiger partial charge in [-0.25, -0.2) is 4.98 Å². The van der Waals surface area contributed by atoms with Crippen LogP contribution < -0.4 is 21.0 Å². The molecule has 0 aliphatic carbocycles. The lowest BCUT2D eigenvalue weighted by Crippen LogP contribution is -2.28. The average molecular weight is 527 g/mol. The van der Waals surface area contributed by atoms with Crippen LogP contribution in [0.5, 0.6) is 0 Å². The summed E-state index contributed by atoms with van der Waals surface area (Å²) in [5, 5.41) is 7.16. The van der Waals surface area contributed by atoms with E-state index >= 15 is 0 Å². The van der Waals surface area contributed by atoms with E-state index in [0.29, 0.717) is 50.4 Å². The normalized spacial score (nSPS) is 11.1. The molecule has 2 heterocycles. The van der Waals surface area contributed by atoms with Crippen molar-refractivity contribution in [2.45, 2.75) is 0 Å². The number of anilines is 2. The van der Waals surface area contributed by atoms with Crippen molar-refractivity contribution in [3.63, 3.8) is 0 Å². The van der Waals surface area contributed by atoms with E-state index in [2.05, 4.69) is 20.6 Å². The number of aromatic nitrogens is 3. The minimum atomic E-state index is -0.459. The lowest BCUT2D eigenvalue weighted by Gasteiger charge is -2.14. The fourth-order valence-corrected chi connectivity index (χ4v) is 4.00. The molecular formula is C25H24Cl2N6O3. The molecule has 9 nitrogen and oxygen atoms in total. The molecule has 11 heteroatoms. The van der Waals surface area contributed by atoms with Gasteiger partial charge in [0, 0.05) is 40.9 Å². The first kappa shape index (κ1) is 25.4. The molecule has 4 aromatic rings. The van der Waals surface area contributed by atoms with Gasteiger partial charge in [0.1, 0.15) is 7.11 Å². The number of pyridine rings is 1. The molecule has 0 bridgehead atoms. The summed E-state index contributed by atoms with van der Waals surface area (Å²) >= 11 is 12.6. The molecule has 0 radical (unpaired) electrons. The second kappa shape index (κ2) is 10.9. The molecule has 2 N–H and O–H groups in total. The maximum Gasteiger partial charge on any atom is 0.293 e. The zero-order valence-corrected chi connectivity index (χ0v) is 21.4. The molecule has 2 aromatic heterocycles. The third kappa shape index (κ3) is 5.43. The molecule has 0 spiro atoms. The van der Waals surface area contributed by atoms with Crippen molar-refractivity contribution in [3.8, 4) is 11.1 Å². The maximum atomic E-state index is 13.4. The van der Waals surface area contributed by atoms with Gasteiger partial charge in [-0.3, -0.25) is 9.59 Å². The summed E-state index contributed by atoms with van der Waals surface area (Å²) in [5.41, 5.74) is 1.31. The van der Waals surface area contributed by atoms with Crippen LogP contribution in [0, 0.1) is 0 Å². The summed E-state index contributed by atoms with van der Waals surface area (Å²) in [5.74, 6) is -0.00556. The molecule has 0 saturated heterocycles. The van der Waals surface area contributed by atoms with Gasteiger partial charge in [0.15, 0.2) is 5.65 Å². The van der Waals surface area contributed by atoms with Crippen LogP contribution in [0.3, 0.4) is 0 Å². The fourth-order valence-electron chi connectivity index (χ4n) is 3.56. The van der Waals surface area contributed by atoms with Crippen LogP contribution in [-0.2, 0) is 0 Å². The van der Waals surface area contributed by atoms with Crippen molar-refractivity contribution >= 4 is 51.8 Å². The van der Waals surface area contributed by atoms with Crippen LogP contribution in [0.2, 0.25) is 10.0 Å². The number of likely N-dealkylation sites (N-methyl/N-ethyl adjacent to an activating group) is 1. The highest BCUT2D eigenvalue weighted by molar-refractivity contribution is 6.34.